The average Bonchev–Trinajstić information content (AvgIpc) is 2.67. The van der Waals surface area contributed by atoms with Crippen molar-refractivity contribution in [3.05, 3.63) is 18.0 Å². The minimum absolute atomic E-state index is 0.859. The van der Waals surface area contributed by atoms with Gasteiger partial charge in [0.1, 0.15) is 0 Å². The third-order valence-electron chi connectivity index (χ3n) is 3.06. The van der Waals surface area contributed by atoms with E-state index in [1.165, 1.54) is 38.0 Å². The van der Waals surface area contributed by atoms with Gasteiger partial charge < -0.3 is 5.32 Å². The highest BCUT2D eigenvalue weighted by atomic mass is 15.3. The number of nitrogens with one attached hydrogen (secondary N) is 1. The van der Waals surface area contributed by atoms with Crippen molar-refractivity contribution in [3.8, 4) is 0 Å². The number of piperidine rings is 1. The van der Waals surface area contributed by atoms with Crippen LogP contribution in [0.3, 0.4) is 0 Å². The van der Waals surface area contributed by atoms with Crippen LogP contribution >= 0.6 is 0 Å². The van der Waals surface area contributed by atoms with E-state index >= 15 is 0 Å². The molecular formula is C11H19N3. The van der Waals surface area contributed by atoms with Crippen LogP contribution in [-0.4, -0.2) is 22.9 Å². The van der Waals surface area contributed by atoms with Crippen molar-refractivity contribution in [1.29, 1.82) is 0 Å². The Morgan fingerprint density at radius 3 is 3.00 bits per heavy atom. The van der Waals surface area contributed by atoms with Gasteiger partial charge in [0, 0.05) is 18.4 Å². The molecule has 0 unspecified atom stereocenters. The number of hydrogen-bond donors (Lipinski definition) is 1. The molecular weight excluding hydrogens is 174 g/mol. The molecule has 0 saturated carbocycles. The molecule has 1 N–H and O–H groups in total. The normalized spacial score (nSPS) is 18.6. The van der Waals surface area contributed by atoms with E-state index < -0.39 is 0 Å². The highest BCUT2D eigenvalue weighted by Gasteiger charge is 2.15. The number of rotatable bonds is 3. The van der Waals surface area contributed by atoms with Crippen LogP contribution in [0, 0.1) is 5.92 Å². The molecule has 0 atom stereocenters. The lowest BCUT2D eigenvalue weighted by Gasteiger charge is -2.22. The Morgan fingerprint density at radius 2 is 2.29 bits per heavy atom. The summed E-state index contributed by atoms with van der Waals surface area (Å²) in [5.41, 5.74) is 1.40. The van der Waals surface area contributed by atoms with E-state index in [9.17, 15) is 0 Å². The zero-order chi connectivity index (χ0) is 9.80. The Bertz CT molecular complexity index is 274. The fourth-order valence-corrected chi connectivity index (χ4v) is 2.20. The lowest BCUT2D eigenvalue weighted by Crippen LogP contribution is -2.29. The molecule has 1 aromatic rings. The summed E-state index contributed by atoms with van der Waals surface area (Å²) in [7, 11) is 0. The second-order valence-corrected chi connectivity index (χ2v) is 4.04. The Labute approximate surface area is 85.5 Å². The zero-order valence-corrected chi connectivity index (χ0v) is 8.87. The molecule has 0 amide bonds. The molecule has 14 heavy (non-hydrogen) atoms. The molecule has 0 aliphatic carbocycles. The molecule has 0 aromatic carbocycles. The monoisotopic (exact) mass is 193 g/mol. The van der Waals surface area contributed by atoms with Crippen LogP contribution in [0.2, 0.25) is 0 Å². The second kappa shape index (κ2) is 4.60. The van der Waals surface area contributed by atoms with Crippen molar-refractivity contribution in [2.75, 3.05) is 13.1 Å². The van der Waals surface area contributed by atoms with Gasteiger partial charge >= 0.3 is 0 Å². The Balaban J connectivity index is 1.95. The standard InChI is InChI=1S/C11H19N3/c1-2-14-11(5-8-13-14)9-10-3-6-12-7-4-10/h5,8,10,12H,2-4,6-7,9H2,1H3. The van der Waals surface area contributed by atoms with Crippen LogP contribution in [0.15, 0.2) is 12.3 Å². The third-order valence-corrected chi connectivity index (χ3v) is 3.06. The van der Waals surface area contributed by atoms with E-state index in [4.69, 9.17) is 0 Å². The van der Waals surface area contributed by atoms with Gasteiger partial charge in [0.2, 0.25) is 0 Å². The van der Waals surface area contributed by atoms with Gasteiger partial charge in [0.25, 0.3) is 0 Å². The molecule has 0 spiro atoms. The molecule has 1 saturated heterocycles. The summed E-state index contributed by atoms with van der Waals surface area (Å²) < 4.78 is 2.11. The van der Waals surface area contributed by atoms with Gasteiger partial charge in [0.15, 0.2) is 0 Å². The second-order valence-electron chi connectivity index (χ2n) is 4.04. The molecule has 3 heteroatoms. The molecule has 2 heterocycles. The largest absolute Gasteiger partial charge is 0.317 e. The maximum atomic E-state index is 4.30. The number of aryl methyl sites for hydroxylation is 1. The van der Waals surface area contributed by atoms with Gasteiger partial charge in [-0.25, -0.2) is 0 Å². The lowest BCUT2D eigenvalue weighted by atomic mass is 9.93. The van der Waals surface area contributed by atoms with Gasteiger partial charge in [0.05, 0.1) is 0 Å². The molecule has 1 fully saturated rings. The zero-order valence-electron chi connectivity index (χ0n) is 8.87. The number of hydrogen-bond acceptors (Lipinski definition) is 2. The molecule has 0 radical (unpaired) electrons. The van der Waals surface area contributed by atoms with Crippen molar-refractivity contribution in [2.45, 2.75) is 32.7 Å². The fraction of sp³-hybridized carbons (Fsp3) is 0.727. The van der Waals surface area contributed by atoms with Crippen molar-refractivity contribution in [2.24, 2.45) is 5.92 Å². The molecule has 2 rings (SSSR count). The highest BCUT2D eigenvalue weighted by molar-refractivity contribution is 5.02. The van der Waals surface area contributed by atoms with Crippen LogP contribution < -0.4 is 5.32 Å². The molecule has 1 aromatic heterocycles. The van der Waals surface area contributed by atoms with E-state index in [-0.39, 0.29) is 0 Å². The molecule has 1 aliphatic heterocycles. The molecule has 3 nitrogen and oxygen atoms in total. The summed E-state index contributed by atoms with van der Waals surface area (Å²) in [5.74, 6) is 0.859. The Hall–Kier alpha value is -0.830. The van der Waals surface area contributed by atoms with E-state index in [0.29, 0.717) is 0 Å². The topological polar surface area (TPSA) is 29.9 Å². The SMILES string of the molecule is CCn1nccc1CC1CCNCC1. The summed E-state index contributed by atoms with van der Waals surface area (Å²) in [5, 5.41) is 7.70. The first-order valence-corrected chi connectivity index (χ1v) is 5.61. The van der Waals surface area contributed by atoms with Gasteiger partial charge in [-0.2, -0.15) is 5.10 Å². The fourth-order valence-electron chi connectivity index (χ4n) is 2.20. The summed E-state index contributed by atoms with van der Waals surface area (Å²) in [6.45, 7) is 5.52. The maximum Gasteiger partial charge on any atom is 0.0492 e. The third kappa shape index (κ3) is 2.15. The van der Waals surface area contributed by atoms with Crippen molar-refractivity contribution in [1.82, 2.24) is 15.1 Å². The predicted octanol–water partition coefficient (Wildman–Crippen LogP) is 1.45. The van der Waals surface area contributed by atoms with E-state index in [2.05, 4.69) is 28.1 Å². The van der Waals surface area contributed by atoms with Gasteiger partial charge in [-0.1, -0.05) is 0 Å². The molecule has 1 aliphatic rings. The van der Waals surface area contributed by atoms with Crippen molar-refractivity contribution < 1.29 is 0 Å². The van der Waals surface area contributed by atoms with Gasteiger partial charge in [-0.3, -0.25) is 4.68 Å². The van der Waals surface area contributed by atoms with E-state index in [1.54, 1.807) is 0 Å². The average molecular weight is 193 g/mol. The number of nitrogens with zero attached hydrogens (tertiary/aromatic N) is 2. The van der Waals surface area contributed by atoms with Crippen LogP contribution in [0.25, 0.3) is 0 Å². The quantitative estimate of drug-likeness (QED) is 0.787. The first-order chi connectivity index (χ1) is 6.90. The van der Waals surface area contributed by atoms with Crippen LogP contribution in [0.4, 0.5) is 0 Å². The van der Waals surface area contributed by atoms with Gasteiger partial charge in [-0.05, 0) is 51.3 Å². The van der Waals surface area contributed by atoms with E-state index in [1.807, 2.05) is 6.20 Å². The van der Waals surface area contributed by atoms with Crippen LogP contribution in [0.5, 0.6) is 0 Å². The molecule has 0 bridgehead atoms. The lowest BCUT2D eigenvalue weighted by molar-refractivity contribution is 0.364. The Kier molecular flexibility index (Phi) is 3.19. The maximum absolute atomic E-state index is 4.30. The van der Waals surface area contributed by atoms with Crippen LogP contribution in [0.1, 0.15) is 25.5 Å². The first-order valence-electron chi connectivity index (χ1n) is 5.61. The minimum atomic E-state index is 0.859. The van der Waals surface area contributed by atoms with Crippen LogP contribution in [-0.2, 0) is 13.0 Å². The first kappa shape index (κ1) is 9.71. The summed E-state index contributed by atoms with van der Waals surface area (Å²) >= 11 is 0. The Morgan fingerprint density at radius 1 is 1.50 bits per heavy atom. The predicted molar refractivity (Wildman–Crippen MR) is 57.2 cm³/mol. The minimum Gasteiger partial charge on any atom is -0.317 e. The summed E-state index contributed by atoms with van der Waals surface area (Å²) in [4.78, 5) is 0. The van der Waals surface area contributed by atoms with Crippen molar-refractivity contribution in [3.63, 3.8) is 0 Å². The molecule has 78 valence electrons. The number of aromatic nitrogens is 2. The van der Waals surface area contributed by atoms with E-state index in [0.717, 1.165) is 12.5 Å². The smallest absolute Gasteiger partial charge is 0.0492 e. The van der Waals surface area contributed by atoms with Crippen molar-refractivity contribution >= 4 is 0 Å². The van der Waals surface area contributed by atoms with Gasteiger partial charge in [-0.15, -0.1) is 0 Å². The highest BCUT2D eigenvalue weighted by Crippen LogP contribution is 2.17. The summed E-state index contributed by atoms with van der Waals surface area (Å²) in [6.07, 6.45) is 5.75. The summed E-state index contributed by atoms with van der Waals surface area (Å²) in [6, 6.07) is 2.16.